The fraction of sp³-hybridized carbons (Fsp3) is 0.667. The monoisotopic (exact) mass is 258 g/mol. The number of aryl methyl sites for hydroxylation is 1. The second-order valence-electron chi connectivity index (χ2n) is 5.30. The second-order valence-corrected chi connectivity index (χ2v) is 5.30. The topological polar surface area (TPSA) is 52.8 Å². The van der Waals surface area contributed by atoms with Crippen molar-refractivity contribution < 1.29 is 0 Å². The molecule has 0 N–H and O–H groups in total. The molecule has 0 bridgehead atoms. The summed E-state index contributed by atoms with van der Waals surface area (Å²) < 4.78 is 0. The summed E-state index contributed by atoms with van der Waals surface area (Å²) >= 11 is 0. The lowest BCUT2D eigenvalue weighted by atomic mass is 9.93. The number of nitrogens with zero attached hydrogens (tertiary/aromatic N) is 4. The maximum Gasteiger partial charge on any atom is 0.169 e. The van der Waals surface area contributed by atoms with Gasteiger partial charge in [0.05, 0.1) is 5.69 Å². The standard InChI is InChI=1S/C15H22N4/c1-4-19(13-8-6-5-7-9-13)15-14(10-16)11(2)12(3)17-18-15/h13H,4-9H2,1-3H3. The van der Waals surface area contributed by atoms with Crippen LogP contribution in [0.1, 0.15) is 55.8 Å². The Morgan fingerprint density at radius 2 is 1.89 bits per heavy atom. The minimum Gasteiger partial charge on any atom is -0.351 e. The Hall–Kier alpha value is -1.63. The molecule has 1 aromatic rings. The van der Waals surface area contributed by atoms with Crippen molar-refractivity contribution in [2.75, 3.05) is 11.4 Å². The minimum absolute atomic E-state index is 0.516. The molecule has 0 aromatic carbocycles. The maximum atomic E-state index is 9.42. The average Bonchev–Trinajstić information content (AvgIpc) is 2.45. The summed E-state index contributed by atoms with van der Waals surface area (Å²) in [5.41, 5.74) is 2.50. The Labute approximate surface area is 115 Å². The van der Waals surface area contributed by atoms with Crippen LogP contribution in [-0.2, 0) is 0 Å². The van der Waals surface area contributed by atoms with E-state index in [2.05, 4.69) is 28.1 Å². The Balaban J connectivity index is 2.38. The van der Waals surface area contributed by atoms with Crippen LogP contribution in [0.5, 0.6) is 0 Å². The van der Waals surface area contributed by atoms with Crippen LogP contribution in [0.2, 0.25) is 0 Å². The lowest BCUT2D eigenvalue weighted by Gasteiger charge is -2.34. The van der Waals surface area contributed by atoms with Gasteiger partial charge in [-0.25, -0.2) is 0 Å². The van der Waals surface area contributed by atoms with Crippen molar-refractivity contribution in [2.45, 2.75) is 58.9 Å². The Kier molecular flexibility index (Phi) is 4.36. The Morgan fingerprint density at radius 3 is 2.47 bits per heavy atom. The molecule has 1 aromatic heterocycles. The van der Waals surface area contributed by atoms with Gasteiger partial charge >= 0.3 is 0 Å². The predicted molar refractivity (Wildman–Crippen MR) is 76.1 cm³/mol. The molecule has 1 aliphatic carbocycles. The van der Waals surface area contributed by atoms with E-state index in [0.717, 1.165) is 23.6 Å². The first kappa shape index (κ1) is 13.8. The van der Waals surface area contributed by atoms with Crippen molar-refractivity contribution in [1.82, 2.24) is 10.2 Å². The number of aromatic nitrogens is 2. The lowest BCUT2D eigenvalue weighted by Crippen LogP contribution is -2.38. The third-order valence-electron chi connectivity index (χ3n) is 4.18. The van der Waals surface area contributed by atoms with Crippen LogP contribution < -0.4 is 4.90 Å². The first-order valence-corrected chi connectivity index (χ1v) is 7.19. The summed E-state index contributed by atoms with van der Waals surface area (Å²) in [5.74, 6) is 0.778. The van der Waals surface area contributed by atoms with Crippen molar-refractivity contribution in [3.05, 3.63) is 16.8 Å². The number of hydrogen-bond donors (Lipinski definition) is 0. The fourth-order valence-electron chi connectivity index (χ4n) is 2.90. The third kappa shape index (κ3) is 2.70. The molecule has 102 valence electrons. The SMILES string of the molecule is CCN(c1nnc(C)c(C)c1C#N)C1CCCCC1. The molecule has 1 fully saturated rings. The molecule has 1 aliphatic rings. The highest BCUT2D eigenvalue weighted by Gasteiger charge is 2.24. The van der Waals surface area contributed by atoms with E-state index in [4.69, 9.17) is 0 Å². The van der Waals surface area contributed by atoms with E-state index in [9.17, 15) is 5.26 Å². The van der Waals surface area contributed by atoms with Crippen LogP contribution in [0, 0.1) is 25.2 Å². The predicted octanol–water partition coefficient (Wildman–Crippen LogP) is 3.12. The molecule has 0 unspecified atom stereocenters. The summed E-state index contributed by atoms with van der Waals surface area (Å²) in [4.78, 5) is 2.27. The zero-order chi connectivity index (χ0) is 13.8. The van der Waals surface area contributed by atoms with E-state index in [1.165, 1.54) is 32.1 Å². The van der Waals surface area contributed by atoms with Gasteiger partial charge in [-0.05, 0) is 39.2 Å². The molecule has 0 aliphatic heterocycles. The maximum absolute atomic E-state index is 9.42. The van der Waals surface area contributed by atoms with Crippen molar-refractivity contribution in [2.24, 2.45) is 0 Å². The molecule has 0 spiro atoms. The molecule has 0 atom stereocenters. The molecule has 19 heavy (non-hydrogen) atoms. The smallest absolute Gasteiger partial charge is 0.169 e. The summed E-state index contributed by atoms with van der Waals surface area (Å²) in [5, 5.41) is 17.9. The van der Waals surface area contributed by atoms with Crippen molar-refractivity contribution >= 4 is 5.82 Å². The van der Waals surface area contributed by atoms with Gasteiger partial charge in [0.1, 0.15) is 11.6 Å². The van der Waals surface area contributed by atoms with E-state index >= 15 is 0 Å². The third-order valence-corrected chi connectivity index (χ3v) is 4.18. The number of nitriles is 1. The highest BCUT2D eigenvalue weighted by Crippen LogP contribution is 2.29. The van der Waals surface area contributed by atoms with E-state index in [-0.39, 0.29) is 0 Å². The first-order chi connectivity index (χ1) is 9.19. The van der Waals surface area contributed by atoms with Crippen molar-refractivity contribution in [3.8, 4) is 6.07 Å². The van der Waals surface area contributed by atoms with Crippen LogP contribution in [0.25, 0.3) is 0 Å². The van der Waals surface area contributed by atoms with Crippen LogP contribution in [0.3, 0.4) is 0 Å². The lowest BCUT2D eigenvalue weighted by molar-refractivity contribution is 0.415. The van der Waals surface area contributed by atoms with Gasteiger partial charge < -0.3 is 4.90 Å². The molecule has 4 nitrogen and oxygen atoms in total. The highest BCUT2D eigenvalue weighted by atomic mass is 15.3. The van der Waals surface area contributed by atoms with Crippen LogP contribution >= 0.6 is 0 Å². The highest BCUT2D eigenvalue weighted by molar-refractivity contribution is 5.58. The first-order valence-electron chi connectivity index (χ1n) is 7.19. The average molecular weight is 258 g/mol. The molecule has 0 radical (unpaired) electrons. The number of anilines is 1. The van der Waals surface area contributed by atoms with E-state index in [1.807, 2.05) is 13.8 Å². The molecular formula is C15H22N4. The minimum atomic E-state index is 0.516. The number of rotatable bonds is 3. The van der Waals surface area contributed by atoms with E-state index < -0.39 is 0 Å². The van der Waals surface area contributed by atoms with Crippen molar-refractivity contribution in [1.29, 1.82) is 5.26 Å². The fourth-order valence-corrected chi connectivity index (χ4v) is 2.90. The largest absolute Gasteiger partial charge is 0.351 e. The van der Waals surface area contributed by atoms with E-state index in [1.54, 1.807) is 0 Å². The summed E-state index contributed by atoms with van der Waals surface area (Å²) in [6.45, 7) is 6.88. The van der Waals surface area contributed by atoms with Crippen molar-refractivity contribution in [3.63, 3.8) is 0 Å². The molecule has 0 amide bonds. The number of hydrogen-bond acceptors (Lipinski definition) is 4. The van der Waals surface area contributed by atoms with Gasteiger partial charge in [0, 0.05) is 12.6 Å². The molecule has 4 heteroatoms. The molecule has 1 saturated carbocycles. The van der Waals surface area contributed by atoms with Gasteiger partial charge in [0.15, 0.2) is 5.82 Å². The molecule has 2 rings (SSSR count). The summed E-state index contributed by atoms with van der Waals surface area (Å²) in [6.07, 6.45) is 6.29. The van der Waals surface area contributed by atoms with Gasteiger partial charge in [-0.3, -0.25) is 0 Å². The van der Waals surface area contributed by atoms with Crippen LogP contribution in [0.4, 0.5) is 5.82 Å². The molecule has 0 saturated heterocycles. The van der Waals surface area contributed by atoms with Gasteiger partial charge in [-0.15, -0.1) is 5.10 Å². The molecular weight excluding hydrogens is 236 g/mol. The zero-order valence-electron chi connectivity index (χ0n) is 12.1. The summed E-state index contributed by atoms with van der Waals surface area (Å²) in [6, 6.07) is 2.83. The van der Waals surface area contributed by atoms with Gasteiger partial charge in [-0.2, -0.15) is 10.4 Å². The Bertz CT molecular complexity index is 484. The van der Waals surface area contributed by atoms with Gasteiger partial charge in [-0.1, -0.05) is 19.3 Å². The van der Waals surface area contributed by atoms with Gasteiger partial charge in [0.25, 0.3) is 0 Å². The van der Waals surface area contributed by atoms with Crippen LogP contribution in [0.15, 0.2) is 0 Å². The zero-order valence-corrected chi connectivity index (χ0v) is 12.1. The van der Waals surface area contributed by atoms with E-state index in [0.29, 0.717) is 11.6 Å². The Morgan fingerprint density at radius 1 is 1.21 bits per heavy atom. The van der Waals surface area contributed by atoms with Gasteiger partial charge in [0.2, 0.25) is 0 Å². The summed E-state index contributed by atoms with van der Waals surface area (Å²) in [7, 11) is 0. The second kappa shape index (κ2) is 6.01. The van der Waals surface area contributed by atoms with Crippen LogP contribution in [-0.4, -0.2) is 22.8 Å². The normalized spacial score (nSPS) is 16.1. The molecule has 1 heterocycles. The quantitative estimate of drug-likeness (QED) is 0.836.